The summed E-state index contributed by atoms with van der Waals surface area (Å²) >= 11 is 2.39. The Kier molecular flexibility index (Phi) is 11.4. The van der Waals surface area contributed by atoms with Crippen LogP contribution in [0, 0.1) is 0 Å². The van der Waals surface area contributed by atoms with Crippen molar-refractivity contribution in [2.75, 3.05) is 0 Å². The van der Waals surface area contributed by atoms with Crippen LogP contribution in [0.4, 0.5) is 0 Å². The van der Waals surface area contributed by atoms with Crippen molar-refractivity contribution in [2.45, 2.75) is 52.4 Å². The van der Waals surface area contributed by atoms with Gasteiger partial charge in [0.05, 0.1) is 0 Å². The second-order valence-corrected chi connectivity index (χ2v) is 20.8. The van der Waals surface area contributed by atoms with Crippen LogP contribution < -0.4 is 58.0 Å². The summed E-state index contributed by atoms with van der Waals surface area (Å²) < 4.78 is 1.54. The van der Waals surface area contributed by atoms with E-state index >= 15 is 0 Å². The second-order valence-electron chi connectivity index (χ2n) is 10.7. The molecule has 3 aromatic rings. The van der Waals surface area contributed by atoms with Crippen LogP contribution in [0.5, 0.6) is 0 Å². The molecule has 0 bridgehead atoms. The predicted octanol–water partition coefficient (Wildman–Crippen LogP) is -3.35. The summed E-state index contributed by atoms with van der Waals surface area (Å²) in [6.45, 7) is 17.0. The zero-order valence-corrected chi connectivity index (χ0v) is 28.0. The number of allylic oxidation sites excluding steroid dienone is 4. The molecule has 3 aromatic carbocycles. The van der Waals surface area contributed by atoms with Crippen molar-refractivity contribution in [3.05, 3.63) is 106 Å². The van der Waals surface area contributed by atoms with Crippen molar-refractivity contribution < 1.29 is 57.7 Å². The average Bonchev–Trinajstić information content (AvgIpc) is 2.97. The molecule has 6 heteroatoms. The summed E-state index contributed by atoms with van der Waals surface area (Å²) in [6, 6.07) is 32.6. The summed E-state index contributed by atoms with van der Waals surface area (Å²) in [6.07, 6.45) is 0. The van der Waals surface area contributed by atoms with Crippen LogP contribution in [0.2, 0.25) is 24.7 Å². The van der Waals surface area contributed by atoms with E-state index in [0.717, 1.165) is 0 Å². The quantitative estimate of drug-likeness (QED) is 0.211. The van der Waals surface area contributed by atoms with Gasteiger partial charge in [0, 0.05) is 0 Å². The first kappa shape index (κ1) is 33.2. The fourth-order valence-corrected chi connectivity index (χ4v) is 14.8. The van der Waals surface area contributed by atoms with Gasteiger partial charge in [-0.15, -0.1) is 0 Å². The SMILES string of the molecule is CC1=C(C)C(C)([Si](c2ccccc2)(c2ccccc2)c2cccc([Si](C)(C)C)c2)[C]([Ti+3])=C1C.[Cl-].[Cl-].[Cl-]. The van der Waals surface area contributed by atoms with Crippen LogP contribution in [0.3, 0.4) is 0 Å². The molecule has 0 fully saturated rings. The summed E-state index contributed by atoms with van der Waals surface area (Å²) in [7, 11) is -4.00. The van der Waals surface area contributed by atoms with Crippen molar-refractivity contribution in [1.82, 2.24) is 0 Å². The summed E-state index contributed by atoms with van der Waals surface area (Å²) in [4.78, 5) is 0. The first-order valence-electron chi connectivity index (χ1n) is 11.9. The van der Waals surface area contributed by atoms with E-state index in [2.05, 4.69) is 153 Å². The fourth-order valence-electron chi connectivity index (χ4n) is 5.84. The minimum atomic E-state index is -2.53. The Morgan fingerprint density at radius 3 is 1.39 bits per heavy atom. The number of rotatable bonds is 5. The van der Waals surface area contributed by atoms with Gasteiger partial charge >= 0.3 is 215 Å². The fraction of sp³-hybridized carbons (Fsp3) is 0.267. The number of benzene rings is 3. The Bertz CT molecular complexity index is 1180. The molecule has 0 heterocycles. The van der Waals surface area contributed by atoms with E-state index in [9.17, 15) is 0 Å². The van der Waals surface area contributed by atoms with Crippen LogP contribution in [0.25, 0.3) is 0 Å². The van der Waals surface area contributed by atoms with Gasteiger partial charge in [0.25, 0.3) is 0 Å². The van der Waals surface area contributed by atoms with Gasteiger partial charge in [-0.05, 0) is 0 Å². The minimum absolute atomic E-state index is 0. The molecule has 1 aliphatic rings. The number of hydrogen-bond acceptors (Lipinski definition) is 0. The number of halogens is 3. The molecule has 0 saturated carbocycles. The van der Waals surface area contributed by atoms with E-state index in [1.807, 2.05) is 0 Å². The maximum atomic E-state index is 2.59. The molecule has 188 valence electrons. The monoisotopic (exact) mass is 604 g/mol. The van der Waals surface area contributed by atoms with E-state index in [1.54, 1.807) is 5.19 Å². The van der Waals surface area contributed by atoms with E-state index in [4.69, 9.17) is 0 Å². The van der Waals surface area contributed by atoms with Gasteiger partial charge in [0.1, 0.15) is 0 Å². The van der Waals surface area contributed by atoms with E-state index in [-0.39, 0.29) is 42.3 Å². The third kappa shape index (κ3) is 5.08. The molecular formula is C30H35Cl3Si2Ti. The average molecular weight is 606 g/mol. The van der Waals surface area contributed by atoms with Gasteiger partial charge in [-0.1, -0.05) is 0 Å². The topological polar surface area (TPSA) is 0 Å². The van der Waals surface area contributed by atoms with Gasteiger partial charge in [0.2, 0.25) is 0 Å². The molecular weight excluding hydrogens is 571 g/mol. The molecule has 1 unspecified atom stereocenters. The first-order valence-corrected chi connectivity index (χ1v) is 18.2. The number of hydrogen-bond donors (Lipinski definition) is 0. The van der Waals surface area contributed by atoms with Gasteiger partial charge in [-0.25, -0.2) is 0 Å². The molecule has 0 nitrogen and oxygen atoms in total. The van der Waals surface area contributed by atoms with Crippen molar-refractivity contribution in [2.24, 2.45) is 0 Å². The van der Waals surface area contributed by atoms with Gasteiger partial charge < -0.3 is 37.2 Å². The van der Waals surface area contributed by atoms with Crippen molar-refractivity contribution in [1.29, 1.82) is 0 Å². The Morgan fingerprint density at radius 1 is 0.583 bits per heavy atom. The van der Waals surface area contributed by atoms with Crippen molar-refractivity contribution in [3.63, 3.8) is 0 Å². The third-order valence-corrected chi connectivity index (χ3v) is 17.6. The molecule has 0 amide bonds. The molecule has 4 rings (SSSR count). The standard InChI is InChI=1S/C30H35Si2.3ClH.Ti/c1-23-22-30(4,25(3)24(23)2)32(26-15-10-8-11-16-26,27-17-12-9-13-18-27)29-20-14-19-28(21-29)31(5,6)7;;;;/h8-21H,1-7H3;3*1H;/q;;;;+3/p-3. The van der Waals surface area contributed by atoms with Crippen molar-refractivity contribution >= 4 is 36.9 Å². The molecule has 1 aliphatic carbocycles. The maximum absolute atomic E-state index is 2.59. The van der Waals surface area contributed by atoms with Crippen LogP contribution in [0.15, 0.2) is 106 Å². The molecule has 0 aromatic heterocycles. The largest absolute Gasteiger partial charge is 1.00 e. The predicted molar refractivity (Wildman–Crippen MR) is 146 cm³/mol. The minimum Gasteiger partial charge on any atom is -1.00 e. The van der Waals surface area contributed by atoms with Gasteiger partial charge in [-0.2, -0.15) is 0 Å². The zero-order chi connectivity index (χ0) is 24.0. The van der Waals surface area contributed by atoms with Gasteiger partial charge in [0.15, 0.2) is 0 Å². The molecule has 1 atom stereocenters. The molecule has 0 radical (unpaired) electrons. The van der Waals surface area contributed by atoms with Gasteiger partial charge in [-0.3, -0.25) is 0 Å². The first-order chi connectivity index (χ1) is 15.6. The van der Waals surface area contributed by atoms with E-state index in [0.29, 0.717) is 0 Å². The second kappa shape index (κ2) is 12.3. The molecule has 0 aliphatic heterocycles. The summed E-state index contributed by atoms with van der Waals surface area (Å²) in [5.74, 6) is 0. The summed E-state index contributed by atoms with van der Waals surface area (Å²) in [5.41, 5.74) is 4.48. The Morgan fingerprint density at radius 2 is 1.00 bits per heavy atom. The van der Waals surface area contributed by atoms with Crippen LogP contribution in [-0.2, 0) is 20.4 Å². The molecule has 0 spiro atoms. The summed E-state index contributed by atoms with van der Waals surface area (Å²) in [5, 5.41) is 6.02. The Hall–Kier alpha value is -0.842. The van der Waals surface area contributed by atoms with E-state index < -0.39 is 16.1 Å². The Labute approximate surface area is 250 Å². The van der Waals surface area contributed by atoms with Crippen LogP contribution >= 0.6 is 0 Å². The third-order valence-electron chi connectivity index (χ3n) is 8.08. The zero-order valence-electron chi connectivity index (χ0n) is 22.2. The molecule has 0 N–H and O–H groups in total. The van der Waals surface area contributed by atoms with Crippen molar-refractivity contribution in [3.8, 4) is 0 Å². The van der Waals surface area contributed by atoms with Crippen LogP contribution in [-0.4, -0.2) is 16.1 Å². The van der Waals surface area contributed by atoms with E-state index in [1.165, 1.54) is 36.2 Å². The smallest absolute Gasteiger partial charge is 1.00 e. The molecule has 0 saturated heterocycles. The Balaban J connectivity index is 0.00000216. The molecule has 36 heavy (non-hydrogen) atoms. The normalized spacial score (nSPS) is 17.8. The maximum Gasteiger partial charge on any atom is -1.00 e. The van der Waals surface area contributed by atoms with Crippen LogP contribution in [0.1, 0.15) is 27.7 Å².